The van der Waals surface area contributed by atoms with E-state index in [9.17, 15) is 13.6 Å². The van der Waals surface area contributed by atoms with E-state index < -0.39 is 5.92 Å². The molecule has 0 radical (unpaired) electrons. The number of carbonyl (C=O) groups excluding carboxylic acids is 1. The van der Waals surface area contributed by atoms with Gasteiger partial charge in [-0.3, -0.25) is 4.79 Å². The minimum absolute atomic E-state index is 0.0150. The zero-order valence-electron chi connectivity index (χ0n) is 8.52. The Hall–Kier alpha value is -1.25. The van der Waals surface area contributed by atoms with Crippen LogP contribution in [0.15, 0.2) is 18.2 Å². The number of hydrogen-bond acceptors (Lipinski definition) is 1. The fraction of sp³-hybridized carbons (Fsp3) is 0.417. The highest BCUT2D eigenvalue weighted by Crippen LogP contribution is 2.34. The van der Waals surface area contributed by atoms with E-state index in [1.165, 1.54) is 19.1 Å². The van der Waals surface area contributed by atoms with Crippen molar-refractivity contribution in [3.63, 3.8) is 0 Å². The molecule has 0 aromatic heterocycles. The summed E-state index contributed by atoms with van der Waals surface area (Å²) in [5, 5.41) is 0. The van der Waals surface area contributed by atoms with E-state index in [-0.39, 0.29) is 17.8 Å². The molecular formula is C12H12F2O. The van der Waals surface area contributed by atoms with E-state index in [2.05, 4.69) is 0 Å². The van der Waals surface area contributed by atoms with Gasteiger partial charge in [-0.1, -0.05) is 19.1 Å². The van der Waals surface area contributed by atoms with Gasteiger partial charge in [-0.2, -0.15) is 0 Å². The summed E-state index contributed by atoms with van der Waals surface area (Å²) in [5.74, 6) is -2.84. The summed E-state index contributed by atoms with van der Waals surface area (Å²) in [5.41, 5.74) is 1.34. The first-order chi connectivity index (χ1) is 7.04. The molecule has 1 aromatic rings. The largest absolute Gasteiger partial charge is 0.294 e. The van der Waals surface area contributed by atoms with Crippen molar-refractivity contribution >= 4 is 5.78 Å². The highest BCUT2D eigenvalue weighted by Gasteiger charge is 2.31. The van der Waals surface area contributed by atoms with E-state index in [4.69, 9.17) is 0 Å². The van der Waals surface area contributed by atoms with Crippen LogP contribution in [0.25, 0.3) is 0 Å². The lowest BCUT2D eigenvalue weighted by Crippen LogP contribution is -2.12. The van der Waals surface area contributed by atoms with Crippen LogP contribution in [0.4, 0.5) is 8.78 Å². The van der Waals surface area contributed by atoms with E-state index in [1.807, 2.05) is 0 Å². The van der Waals surface area contributed by atoms with Gasteiger partial charge in [-0.15, -0.1) is 0 Å². The Morgan fingerprint density at radius 1 is 1.33 bits per heavy atom. The van der Waals surface area contributed by atoms with Gasteiger partial charge in [0.05, 0.1) is 0 Å². The van der Waals surface area contributed by atoms with Gasteiger partial charge >= 0.3 is 0 Å². The van der Waals surface area contributed by atoms with Gasteiger partial charge in [-0.05, 0) is 18.1 Å². The van der Waals surface area contributed by atoms with Crippen molar-refractivity contribution in [3.05, 3.63) is 34.9 Å². The molecule has 2 rings (SSSR count). The van der Waals surface area contributed by atoms with Crippen LogP contribution in [0, 0.1) is 0 Å². The van der Waals surface area contributed by atoms with E-state index in [0.29, 0.717) is 18.4 Å². The molecule has 1 nitrogen and oxygen atoms in total. The number of alkyl halides is 2. The highest BCUT2D eigenvalue weighted by atomic mass is 19.3. The molecule has 0 aliphatic heterocycles. The minimum Gasteiger partial charge on any atom is -0.294 e. The van der Waals surface area contributed by atoms with E-state index in [1.54, 1.807) is 6.07 Å². The zero-order valence-corrected chi connectivity index (χ0v) is 8.52. The Balaban J connectivity index is 2.46. The fourth-order valence-corrected chi connectivity index (χ4v) is 1.87. The Labute approximate surface area is 87.1 Å². The zero-order chi connectivity index (χ0) is 11.1. The standard InChI is InChI=1S/C12H12F2O/c1-2-12(13,14)9-5-3-8-4-6-11(15)10(8)7-9/h3,5,7H,2,4,6H2,1H3. The monoisotopic (exact) mass is 210 g/mol. The fourth-order valence-electron chi connectivity index (χ4n) is 1.87. The average molecular weight is 210 g/mol. The topological polar surface area (TPSA) is 17.1 Å². The third-order valence-electron chi connectivity index (χ3n) is 2.90. The predicted octanol–water partition coefficient (Wildman–Crippen LogP) is 3.32. The summed E-state index contributed by atoms with van der Waals surface area (Å²) in [4.78, 5) is 11.4. The van der Waals surface area contributed by atoms with Crippen molar-refractivity contribution in [2.24, 2.45) is 0 Å². The normalized spacial score (nSPS) is 15.5. The van der Waals surface area contributed by atoms with Gasteiger partial charge in [0.2, 0.25) is 0 Å². The minimum atomic E-state index is -2.82. The molecule has 0 saturated carbocycles. The lowest BCUT2D eigenvalue weighted by Gasteiger charge is -2.15. The van der Waals surface area contributed by atoms with Crippen LogP contribution in [-0.2, 0) is 12.3 Å². The van der Waals surface area contributed by atoms with Crippen LogP contribution in [0.2, 0.25) is 0 Å². The first kappa shape index (κ1) is 10.3. The number of aryl methyl sites for hydroxylation is 1. The molecule has 1 aromatic carbocycles. The maximum Gasteiger partial charge on any atom is 0.273 e. The van der Waals surface area contributed by atoms with Gasteiger partial charge in [0.25, 0.3) is 5.92 Å². The SMILES string of the molecule is CCC(F)(F)c1ccc2c(c1)C(=O)CC2. The van der Waals surface area contributed by atoms with Crippen LogP contribution in [0.5, 0.6) is 0 Å². The van der Waals surface area contributed by atoms with Gasteiger partial charge < -0.3 is 0 Å². The van der Waals surface area contributed by atoms with Crippen molar-refractivity contribution in [3.8, 4) is 0 Å². The van der Waals surface area contributed by atoms with Crippen LogP contribution < -0.4 is 0 Å². The summed E-state index contributed by atoms with van der Waals surface area (Å²) in [6.45, 7) is 1.44. The summed E-state index contributed by atoms with van der Waals surface area (Å²) in [6, 6.07) is 4.44. The van der Waals surface area contributed by atoms with Crippen LogP contribution in [0.3, 0.4) is 0 Å². The van der Waals surface area contributed by atoms with Crippen molar-refractivity contribution in [1.82, 2.24) is 0 Å². The van der Waals surface area contributed by atoms with Crippen molar-refractivity contribution in [1.29, 1.82) is 0 Å². The number of hydrogen-bond donors (Lipinski definition) is 0. The number of Topliss-reactive ketones (excluding diaryl/α,β-unsaturated/α-hetero) is 1. The Morgan fingerprint density at radius 2 is 2.07 bits per heavy atom. The molecule has 0 unspecified atom stereocenters. The van der Waals surface area contributed by atoms with Crippen molar-refractivity contribution < 1.29 is 13.6 Å². The molecule has 0 saturated heterocycles. The molecule has 1 aliphatic rings. The molecule has 15 heavy (non-hydrogen) atoms. The molecule has 0 N–H and O–H groups in total. The van der Waals surface area contributed by atoms with Crippen LogP contribution in [0.1, 0.15) is 41.3 Å². The second kappa shape index (κ2) is 3.40. The van der Waals surface area contributed by atoms with E-state index in [0.717, 1.165) is 5.56 Å². The first-order valence-electron chi connectivity index (χ1n) is 5.09. The van der Waals surface area contributed by atoms with Gasteiger partial charge in [0.15, 0.2) is 5.78 Å². The second-order valence-electron chi connectivity index (χ2n) is 3.85. The van der Waals surface area contributed by atoms with Crippen molar-refractivity contribution in [2.75, 3.05) is 0 Å². The van der Waals surface area contributed by atoms with Gasteiger partial charge in [-0.25, -0.2) is 8.78 Å². The Morgan fingerprint density at radius 3 is 2.73 bits per heavy atom. The molecule has 0 bridgehead atoms. The molecule has 0 fully saturated rings. The molecule has 80 valence electrons. The number of halogens is 2. The lowest BCUT2D eigenvalue weighted by molar-refractivity contribution is -0.00831. The lowest BCUT2D eigenvalue weighted by atomic mass is 10.0. The quantitative estimate of drug-likeness (QED) is 0.731. The second-order valence-corrected chi connectivity index (χ2v) is 3.85. The summed E-state index contributed by atoms with van der Waals surface area (Å²) < 4.78 is 26.7. The smallest absolute Gasteiger partial charge is 0.273 e. The summed E-state index contributed by atoms with van der Waals surface area (Å²) >= 11 is 0. The maximum absolute atomic E-state index is 13.4. The molecular weight excluding hydrogens is 198 g/mol. The number of ketones is 1. The van der Waals surface area contributed by atoms with Crippen LogP contribution >= 0.6 is 0 Å². The summed E-state index contributed by atoms with van der Waals surface area (Å²) in [7, 11) is 0. The molecule has 0 amide bonds. The molecule has 0 heterocycles. The number of fused-ring (bicyclic) bond motifs is 1. The molecule has 0 spiro atoms. The summed E-state index contributed by atoms with van der Waals surface area (Å²) in [6.07, 6.45) is 0.905. The predicted molar refractivity (Wildman–Crippen MR) is 53.3 cm³/mol. The molecule has 3 heteroatoms. The third kappa shape index (κ3) is 1.66. The average Bonchev–Trinajstić information content (AvgIpc) is 2.60. The number of benzene rings is 1. The maximum atomic E-state index is 13.4. The third-order valence-corrected chi connectivity index (χ3v) is 2.90. The van der Waals surface area contributed by atoms with E-state index >= 15 is 0 Å². The highest BCUT2D eigenvalue weighted by molar-refractivity contribution is 6.00. The molecule has 0 atom stereocenters. The van der Waals surface area contributed by atoms with Crippen molar-refractivity contribution in [2.45, 2.75) is 32.1 Å². The first-order valence-corrected chi connectivity index (χ1v) is 5.09. The van der Waals surface area contributed by atoms with Crippen LogP contribution in [-0.4, -0.2) is 5.78 Å². The van der Waals surface area contributed by atoms with Gasteiger partial charge in [0.1, 0.15) is 0 Å². The molecule has 1 aliphatic carbocycles. The van der Waals surface area contributed by atoms with Gasteiger partial charge in [0, 0.05) is 24.0 Å². The number of carbonyl (C=O) groups is 1. The number of rotatable bonds is 2. The Kier molecular flexibility index (Phi) is 2.33. The Bertz CT molecular complexity index is 410.